The van der Waals surface area contributed by atoms with Crippen LogP contribution >= 0.6 is 0 Å². The number of amides is 1. The number of anilines is 1. The van der Waals surface area contributed by atoms with Gasteiger partial charge in [-0.05, 0) is 68.8 Å². The minimum atomic E-state index is -0.221. The van der Waals surface area contributed by atoms with E-state index >= 15 is 0 Å². The molecule has 0 bridgehead atoms. The van der Waals surface area contributed by atoms with Gasteiger partial charge < -0.3 is 15.4 Å². The predicted molar refractivity (Wildman–Crippen MR) is 144 cm³/mol. The first kappa shape index (κ1) is 24.6. The van der Waals surface area contributed by atoms with E-state index in [0.29, 0.717) is 18.8 Å². The standard InChI is InChI=1S/C28H31N7O2/c1-19-6-4-7-22(31-19)18-35-24-9-5-8-23(27(24)20(2)33-35)32-28(36)25-17-30-26-16-21(11-14-34(25)26)10-12-29-13-15-37-3/h4-9,11,14,16-17,29H,10,12-13,15,18H2,1-3H3,(H,32,36). The summed E-state index contributed by atoms with van der Waals surface area (Å²) in [5.74, 6) is -0.221. The smallest absolute Gasteiger partial charge is 0.274 e. The van der Waals surface area contributed by atoms with Gasteiger partial charge in [0.1, 0.15) is 11.3 Å². The van der Waals surface area contributed by atoms with Crippen molar-refractivity contribution in [1.29, 1.82) is 0 Å². The number of carbonyl (C=O) groups is 1. The van der Waals surface area contributed by atoms with Crippen LogP contribution in [-0.2, 0) is 17.7 Å². The minimum absolute atomic E-state index is 0.221. The average molecular weight is 498 g/mol. The summed E-state index contributed by atoms with van der Waals surface area (Å²) in [4.78, 5) is 22.4. The van der Waals surface area contributed by atoms with Crippen LogP contribution in [0.3, 0.4) is 0 Å². The molecule has 0 aliphatic carbocycles. The summed E-state index contributed by atoms with van der Waals surface area (Å²) in [6.45, 7) is 6.85. The number of hydrogen-bond acceptors (Lipinski definition) is 6. The van der Waals surface area contributed by atoms with Gasteiger partial charge in [-0.15, -0.1) is 0 Å². The molecule has 1 aromatic carbocycles. The Morgan fingerprint density at radius 1 is 1.08 bits per heavy atom. The molecule has 5 rings (SSSR count). The molecule has 0 atom stereocenters. The fraction of sp³-hybridized carbons (Fsp3) is 0.286. The second-order valence-electron chi connectivity index (χ2n) is 9.07. The number of nitrogens with one attached hydrogen (secondary N) is 2. The Hall–Kier alpha value is -4.08. The molecule has 0 fully saturated rings. The van der Waals surface area contributed by atoms with Crippen molar-refractivity contribution >= 4 is 28.1 Å². The van der Waals surface area contributed by atoms with Crippen LogP contribution in [0.4, 0.5) is 5.69 Å². The molecule has 9 nitrogen and oxygen atoms in total. The summed E-state index contributed by atoms with van der Waals surface area (Å²) in [6, 6.07) is 15.9. The van der Waals surface area contributed by atoms with Crippen LogP contribution in [-0.4, -0.2) is 56.9 Å². The molecule has 0 saturated carbocycles. The topological polar surface area (TPSA) is 98.4 Å². The number of rotatable bonds is 10. The number of benzene rings is 1. The van der Waals surface area contributed by atoms with Crippen LogP contribution in [0, 0.1) is 13.8 Å². The van der Waals surface area contributed by atoms with Crippen LogP contribution in [0.5, 0.6) is 0 Å². The minimum Gasteiger partial charge on any atom is -0.383 e. The summed E-state index contributed by atoms with van der Waals surface area (Å²) in [6.07, 6.45) is 4.39. The summed E-state index contributed by atoms with van der Waals surface area (Å²) < 4.78 is 8.81. The molecule has 0 unspecified atom stereocenters. The Labute approximate surface area is 215 Å². The van der Waals surface area contributed by atoms with Crippen molar-refractivity contribution in [1.82, 2.24) is 29.5 Å². The Bertz CT molecular complexity index is 1550. The van der Waals surface area contributed by atoms with Gasteiger partial charge >= 0.3 is 0 Å². The Kier molecular flexibility index (Phi) is 7.25. The summed E-state index contributed by atoms with van der Waals surface area (Å²) in [7, 11) is 1.70. The number of hydrogen-bond donors (Lipinski definition) is 2. The SMILES string of the molecule is COCCNCCc1ccn2c(C(=O)Nc3cccc4c3c(C)nn4Cc3cccc(C)n3)cnc2c1. The number of carbonyl (C=O) groups excluding carboxylic acids is 1. The molecule has 0 saturated heterocycles. The maximum atomic E-state index is 13.3. The molecule has 2 N–H and O–H groups in total. The summed E-state index contributed by atoms with van der Waals surface area (Å²) in [5.41, 5.74) is 6.80. The molecule has 37 heavy (non-hydrogen) atoms. The highest BCUT2D eigenvalue weighted by atomic mass is 16.5. The quantitative estimate of drug-likeness (QED) is 0.285. The number of nitrogens with zero attached hydrogens (tertiary/aromatic N) is 5. The first-order chi connectivity index (χ1) is 18.0. The zero-order valence-electron chi connectivity index (χ0n) is 21.4. The van der Waals surface area contributed by atoms with E-state index < -0.39 is 0 Å². The molecule has 0 spiro atoms. The lowest BCUT2D eigenvalue weighted by atomic mass is 10.1. The van der Waals surface area contributed by atoms with Gasteiger partial charge in [-0.1, -0.05) is 12.1 Å². The molecule has 1 amide bonds. The molecule has 9 heteroatoms. The van der Waals surface area contributed by atoms with Gasteiger partial charge in [-0.2, -0.15) is 5.10 Å². The normalized spacial score (nSPS) is 11.4. The number of ether oxygens (including phenoxy) is 1. The van der Waals surface area contributed by atoms with E-state index in [1.807, 2.05) is 77.7 Å². The lowest BCUT2D eigenvalue weighted by Crippen LogP contribution is -2.21. The average Bonchev–Trinajstić information content (AvgIpc) is 3.45. The fourth-order valence-corrected chi connectivity index (χ4v) is 4.55. The highest BCUT2D eigenvalue weighted by Crippen LogP contribution is 2.28. The number of fused-ring (bicyclic) bond motifs is 2. The Balaban J connectivity index is 1.35. The largest absolute Gasteiger partial charge is 0.383 e. The van der Waals surface area contributed by atoms with Gasteiger partial charge in [0.25, 0.3) is 5.91 Å². The predicted octanol–water partition coefficient (Wildman–Crippen LogP) is 3.77. The lowest BCUT2D eigenvalue weighted by molar-refractivity contribution is 0.102. The van der Waals surface area contributed by atoms with E-state index in [1.54, 1.807) is 13.3 Å². The second kappa shape index (κ2) is 10.9. The second-order valence-corrected chi connectivity index (χ2v) is 9.07. The van der Waals surface area contributed by atoms with E-state index in [1.165, 1.54) is 0 Å². The molecule has 4 aromatic heterocycles. The third-order valence-electron chi connectivity index (χ3n) is 6.34. The van der Waals surface area contributed by atoms with E-state index in [4.69, 9.17) is 9.84 Å². The monoisotopic (exact) mass is 497 g/mol. The molecular formula is C28H31N7O2. The van der Waals surface area contributed by atoms with Crippen LogP contribution in [0.1, 0.15) is 33.1 Å². The van der Waals surface area contributed by atoms with Crippen LogP contribution < -0.4 is 10.6 Å². The third-order valence-corrected chi connectivity index (χ3v) is 6.34. The zero-order chi connectivity index (χ0) is 25.8. The number of pyridine rings is 2. The first-order valence-corrected chi connectivity index (χ1v) is 12.4. The van der Waals surface area contributed by atoms with Crippen molar-refractivity contribution < 1.29 is 9.53 Å². The van der Waals surface area contributed by atoms with Crippen molar-refractivity contribution in [3.05, 3.63) is 89.3 Å². The van der Waals surface area contributed by atoms with Crippen molar-refractivity contribution in [2.75, 3.05) is 32.1 Å². The third kappa shape index (κ3) is 5.37. The Morgan fingerprint density at radius 3 is 2.78 bits per heavy atom. The van der Waals surface area contributed by atoms with Crippen molar-refractivity contribution in [3.8, 4) is 0 Å². The molecule has 0 radical (unpaired) electrons. The maximum absolute atomic E-state index is 13.3. The highest BCUT2D eigenvalue weighted by Gasteiger charge is 2.17. The lowest BCUT2D eigenvalue weighted by Gasteiger charge is -2.09. The van der Waals surface area contributed by atoms with Gasteiger partial charge in [0.15, 0.2) is 0 Å². The number of imidazole rings is 1. The van der Waals surface area contributed by atoms with Gasteiger partial charge in [-0.25, -0.2) is 4.98 Å². The highest BCUT2D eigenvalue weighted by molar-refractivity contribution is 6.08. The molecule has 5 aromatic rings. The molecule has 190 valence electrons. The van der Waals surface area contributed by atoms with Crippen LogP contribution in [0.2, 0.25) is 0 Å². The number of aromatic nitrogens is 5. The Morgan fingerprint density at radius 2 is 1.95 bits per heavy atom. The fourth-order valence-electron chi connectivity index (χ4n) is 4.55. The van der Waals surface area contributed by atoms with Gasteiger partial charge in [0.05, 0.1) is 41.9 Å². The maximum Gasteiger partial charge on any atom is 0.274 e. The van der Waals surface area contributed by atoms with E-state index in [-0.39, 0.29) is 5.91 Å². The van der Waals surface area contributed by atoms with E-state index in [0.717, 1.165) is 64.4 Å². The van der Waals surface area contributed by atoms with Crippen molar-refractivity contribution in [2.45, 2.75) is 26.8 Å². The molecule has 4 heterocycles. The van der Waals surface area contributed by atoms with Gasteiger partial charge in [-0.3, -0.25) is 18.9 Å². The number of aryl methyl sites for hydroxylation is 2. The van der Waals surface area contributed by atoms with Crippen molar-refractivity contribution in [2.24, 2.45) is 0 Å². The van der Waals surface area contributed by atoms with Crippen LogP contribution in [0.15, 0.2) is 60.9 Å². The van der Waals surface area contributed by atoms with E-state index in [2.05, 4.69) is 20.6 Å². The molecular weight excluding hydrogens is 466 g/mol. The zero-order valence-corrected chi connectivity index (χ0v) is 21.4. The van der Waals surface area contributed by atoms with Crippen molar-refractivity contribution in [3.63, 3.8) is 0 Å². The summed E-state index contributed by atoms with van der Waals surface area (Å²) >= 11 is 0. The van der Waals surface area contributed by atoms with Gasteiger partial charge in [0.2, 0.25) is 0 Å². The van der Waals surface area contributed by atoms with Gasteiger partial charge in [0, 0.05) is 30.9 Å². The van der Waals surface area contributed by atoms with E-state index in [9.17, 15) is 4.79 Å². The first-order valence-electron chi connectivity index (χ1n) is 12.4. The molecule has 0 aliphatic rings. The summed E-state index contributed by atoms with van der Waals surface area (Å²) in [5, 5.41) is 12.1. The van der Waals surface area contributed by atoms with Crippen LogP contribution in [0.25, 0.3) is 16.6 Å². The number of methoxy groups -OCH3 is 1. The molecule has 0 aliphatic heterocycles.